The Bertz CT molecular complexity index is 808. The molecule has 0 saturated carbocycles. The number of fused-ring (bicyclic) bond motifs is 1. The predicted octanol–water partition coefficient (Wildman–Crippen LogP) is 5.38. The summed E-state index contributed by atoms with van der Waals surface area (Å²) >= 11 is 0. The maximum absolute atomic E-state index is 13.2. The van der Waals surface area contributed by atoms with Crippen LogP contribution in [0.1, 0.15) is 31.1 Å². The van der Waals surface area contributed by atoms with Crippen LogP contribution in [0, 0.1) is 0 Å². The standard InChI is InChI=1S/C22H25NO/c1-16(2)13-18(5)15-23(14-17(3)4)22(24)21-12-8-10-19-9-6-7-11-20(19)21/h6-13H,1,3,14-15H2,2,4-5H3/b18-13+. The first-order valence-electron chi connectivity index (χ1n) is 8.12. The summed E-state index contributed by atoms with van der Waals surface area (Å²) in [5, 5.41) is 2.06. The van der Waals surface area contributed by atoms with Crippen LogP contribution in [-0.4, -0.2) is 23.9 Å². The Balaban J connectivity index is 2.39. The van der Waals surface area contributed by atoms with Gasteiger partial charge in [-0.2, -0.15) is 0 Å². The molecule has 0 aliphatic carbocycles. The van der Waals surface area contributed by atoms with Crippen LogP contribution in [0.5, 0.6) is 0 Å². The highest BCUT2D eigenvalue weighted by molar-refractivity contribution is 6.07. The highest BCUT2D eigenvalue weighted by Gasteiger charge is 2.18. The first-order chi connectivity index (χ1) is 11.4. The number of amides is 1. The molecule has 124 valence electrons. The molecule has 2 aromatic rings. The minimum Gasteiger partial charge on any atom is -0.331 e. The van der Waals surface area contributed by atoms with Crippen molar-refractivity contribution >= 4 is 16.7 Å². The summed E-state index contributed by atoms with van der Waals surface area (Å²) in [4.78, 5) is 15.0. The molecule has 24 heavy (non-hydrogen) atoms. The van der Waals surface area contributed by atoms with Gasteiger partial charge in [0.25, 0.3) is 5.91 Å². The largest absolute Gasteiger partial charge is 0.331 e. The third kappa shape index (κ3) is 4.45. The highest BCUT2D eigenvalue weighted by atomic mass is 16.2. The fourth-order valence-electron chi connectivity index (χ4n) is 2.87. The number of nitrogens with zero attached hydrogens (tertiary/aromatic N) is 1. The van der Waals surface area contributed by atoms with Crippen molar-refractivity contribution in [1.29, 1.82) is 0 Å². The average molecular weight is 319 g/mol. The van der Waals surface area contributed by atoms with E-state index in [1.54, 1.807) is 0 Å². The van der Waals surface area contributed by atoms with Gasteiger partial charge in [-0.1, -0.05) is 72.4 Å². The van der Waals surface area contributed by atoms with Crippen LogP contribution in [0.25, 0.3) is 10.8 Å². The highest BCUT2D eigenvalue weighted by Crippen LogP contribution is 2.21. The smallest absolute Gasteiger partial charge is 0.255 e. The van der Waals surface area contributed by atoms with Crippen LogP contribution in [0.15, 0.2) is 78.4 Å². The van der Waals surface area contributed by atoms with Crippen LogP contribution in [0.2, 0.25) is 0 Å². The second-order valence-corrected chi connectivity index (χ2v) is 6.48. The molecule has 0 aliphatic heterocycles. The molecule has 0 bridgehead atoms. The van der Waals surface area contributed by atoms with E-state index in [0.29, 0.717) is 13.1 Å². The third-order valence-electron chi connectivity index (χ3n) is 3.70. The van der Waals surface area contributed by atoms with Crippen molar-refractivity contribution in [1.82, 2.24) is 4.90 Å². The topological polar surface area (TPSA) is 20.3 Å². The lowest BCUT2D eigenvalue weighted by Gasteiger charge is -2.24. The fourth-order valence-corrected chi connectivity index (χ4v) is 2.87. The van der Waals surface area contributed by atoms with E-state index < -0.39 is 0 Å². The van der Waals surface area contributed by atoms with E-state index in [4.69, 9.17) is 0 Å². The number of hydrogen-bond acceptors (Lipinski definition) is 1. The van der Waals surface area contributed by atoms with Gasteiger partial charge in [-0.05, 0) is 37.6 Å². The zero-order valence-corrected chi connectivity index (χ0v) is 14.8. The van der Waals surface area contributed by atoms with Crippen molar-refractivity contribution in [2.45, 2.75) is 20.8 Å². The van der Waals surface area contributed by atoms with E-state index in [-0.39, 0.29) is 5.91 Å². The van der Waals surface area contributed by atoms with Crippen LogP contribution in [-0.2, 0) is 0 Å². The summed E-state index contributed by atoms with van der Waals surface area (Å²) in [7, 11) is 0. The van der Waals surface area contributed by atoms with Gasteiger partial charge < -0.3 is 4.90 Å². The van der Waals surface area contributed by atoms with Gasteiger partial charge in [0.15, 0.2) is 0 Å². The van der Waals surface area contributed by atoms with E-state index in [9.17, 15) is 4.79 Å². The number of carbonyl (C=O) groups excluding carboxylic acids is 1. The molecule has 0 aliphatic rings. The minimum absolute atomic E-state index is 0.0317. The van der Waals surface area contributed by atoms with Crippen LogP contribution < -0.4 is 0 Å². The molecule has 0 unspecified atom stereocenters. The maximum Gasteiger partial charge on any atom is 0.255 e. The molecular formula is C22H25NO. The quantitative estimate of drug-likeness (QED) is 0.517. The summed E-state index contributed by atoms with van der Waals surface area (Å²) in [6.07, 6.45) is 2.02. The molecule has 0 heterocycles. The Hall–Kier alpha value is -2.61. The molecule has 2 heteroatoms. The van der Waals surface area contributed by atoms with Crippen molar-refractivity contribution in [3.8, 4) is 0 Å². The van der Waals surface area contributed by atoms with Gasteiger partial charge in [-0.3, -0.25) is 4.79 Å². The molecule has 2 rings (SSSR count). The zero-order chi connectivity index (χ0) is 17.7. The summed E-state index contributed by atoms with van der Waals surface area (Å²) in [6.45, 7) is 14.9. The van der Waals surface area contributed by atoms with Crippen LogP contribution in [0.3, 0.4) is 0 Å². The predicted molar refractivity (Wildman–Crippen MR) is 103 cm³/mol. The molecule has 1 amide bonds. The summed E-state index contributed by atoms with van der Waals surface area (Å²) in [5.41, 5.74) is 3.79. The molecule has 0 fully saturated rings. The van der Waals surface area contributed by atoms with E-state index in [1.807, 2.05) is 74.2 Å². The molecule has 0 aromatic heterocycles. The van der Waals surface area contributed by atoms with E-state index in [1.165, 1.54) is 0 Å². The fraction of sp³-hybridized carbons (Fsp3) is 0.227. The summed E-state index contributed by atoms with van der Waals surface area (Å²) in [5.74, 6) is 0.0317. The normalized spacial score (nSPS) is 11.4. The van der Waals surface area contributed by atoms with Gasteiger partial charge in [0.05, 0.1) is 0 Å². The van der Waals surface area contributed by atoms with Crippen molar-refractivity contribution in [3.05, 3.63) is 84.0 Å². The number of rotatable bonds is 6. The molecule has 2 aromatic carbocycles. The molecule has 0 N–H and O–H groups in total. The van der Waals surface area contributed by atoms with Crippen LogP contribution >= 0.6 is 0 Å². The minimum atomic E-state index is 0.0317. The van der Waals surface area contributed by atoms with Gasteiger partial charge >= 0.3 is 0 Å². The SMILES string of the molecule is C=C(C)/C=C(\C)CN(CC(=C)C)C(=O)c1cccc2ccccc12. The maximum atomic E-state index is 13.2. The first kappa shape index (κ1) is 17.7. The molecular weight excluding hydrogens is 294 g/mol. The van der Waals surface area contributed by atoms with Crippen molar-refractivity contribution < 1.29 is 4.79 Å². The van der Waals surface area contributed by atoms with Gasteiger partial charge in [0, 0.05) is 18.7 Å². The Kier molecular flexibility index (Phi) is 5.75. The number of allylic oxidation sites excluding steroid dienone is 2. The Morgan fingerprint density at radius 2 is 1.67 bits per heavy atom. The lowest BCUT2D eigenvalue weighted by Crippen LogP contribution is -2.34. The number of benzene rings is 2. The summed E-state index contributed by atoms with van der Waals surface area (Å²) in [6, 6.07) is 13.8. The lowest BCUT2D eigenvalue weighted by molar-refractivity contribution is 0.0785. The van der Waals surface area contributed by atoms with Crippen LogP contribution in [0.4, 0.5) is 0 Å². The Labute approximate surface area is 144 Å². The lowest BCUT2D eigenvalue weighted by atomic mass is 10.0. The molecule has 0 radical (unpaired) electrons. The monoisotopic (exact) mass is 319 g/mol. The zero-order valence-electron chi connectivity index (χ0n) is 14.8. The van der Waals surface area contributed by atoms with E-state index in [2.05, 4.69) is 13.2 Å². The Morgan fingerprint density at radius 3 is 2.33 bits per heavy atom. The molecule has 2 nitrogen and oxygen atoms in total. The van der Waals surface area contributed by atoms with Gasteiger partial charge in [0.1, 0.15) is 0 Å². The second-order valence-electron chi connectivity index (χ2n) is 6.48. The molecule has 0 saturated heterocycles. The van der Waals surface area contributed by atoms with Gasteiger partial charge in [-0.25, -0.2) is 0 Å². The second kappa shape index (κ2) is 7.78. The first-order valence-corrected chi connectivity index (χ1v) is 8.12. The average Bonchev–Trinajstić information content (AvgIpc) is 2.51. The van der Waals surface area contributed by atoms with Gasteiger partial charge in [0.2, 0.25) is 0 Å². The van der Waals surface area contributed by atoms with E-state index >= 15 is 0 Å². The number of hydrogen-bond donors (Lipinski definition) is 0. The van der Waals surface area contributed by atoms with Crippen molar-refractivity contribution in [2.75, 3.05) is 13.1 Å². The molecule has 0 spiro atoms. The molecule has 0 atom stereocenters. The van der Waals surface area contributed by atoms with E-state index in [0.717, 1.165) is 33.1 Å². The number of carbonyl (C=O) groups is 1. The van der Waals surface area contributed by atoms with Crippen molar-refractivity contribution in [2.24, 2.45) is 0 Å². The van der Waals surface area contributed by atoms with Gasteiger partial charge in [-0.15, -0.1) is 0 Å². The third-order valence-corrected chi connectivity index (χ3v) is 3.70. The Morgan fingerprint density at radius 1 is 1.00 bits per heavy atom. The summed E-state index contributed by atoms with van der Waals surface area (Å²) < 4.78 is 0. The van der Waals surface area contributed by atoms with Crippen molar-refractivity contribution in [3.63, 3.8) is 0 Å².